The number of nitro benzene ring substituents is 1. The second-order valence-electron chi connectivity index (χ2n) is 7.81. The summed E-state index contributed by atoms with van der Waals surface area (Å²) >= 11 is 0. The lowest BCUT2D eigenvalue weighted by molar-refractivity contribution is -0.915. The minimum absolute atomic E-state index is 0.0577. The first-order valence-corrected chi connectivity index (χ1v) is 10.3. The van der Waals surface area contributed by atoms with Gasteiger partial charge in [-0.25, -0.2) is 4.90 Å². The zero-order chi connectivity index (χ0) is 22.8. The number of imide groups is 1. The number of nitrogens with one attached hydrogen (secondary N) is 1. The first-order valence-electron chi connectivity index (χ1n) is 10.3. The Kier molecular flexibility index (Phi) is 5.95. The van der Waals surface area contributed by atoms with Crippen molar-refractivity contribution >= 4 is 28.9 Å². The van der Waals surface area contributed by atoms with Gasteiger partial charge in [0, 0.05) is 36.0 Å². The molecule has 2 fully saturated rings. The van der Waals surface area contributed by atoms with Gasteiger partial charge in [-0.1, -0.05) is 0 Å². The van der Waals surface area contributed by atoms with Crippen molar-refractivity contribution in [3.63, 3.8) is 0 Å². The number of non-ortho nitro benzene ring substituents is 1. The van der Waals surface area contributed by atoms with Gasteiger partial charge in [-0.15, -0.1) is 0 Å². The van der Waals surface area contributed by atoms with Crippen LogP contribution in [0.4, 0.5) is 17.1 Å². The molecule has 2 aromatic carbocycles. The molecule has 4 rings (SSSR count). The van der Waals surface area contributed by atoms with Crippen LogP contribution in [0.1, 0.15) is 6.42 Å². The molecular weight excluding hydrogens is 416 g/mol. The number of carbonyl (C=O) groups excluding carboxylic acids is 2. The summed E-state index contributed by atoms with van der Waals surface area (Å²) in [6, 6.07) is 11.0. The number of ether oxygens (including phenoxy) is 2. The van der Waals surface area contributed by atoms with Crippen molar-refractivity contribution in [3.8, 4) is 11.5 Å². The van der Waals surface area contributed by atoms with E-state index in [0.717, 1.165) is 10.6 Å². The second-order valence-corrected chi connectivity index (χ2v) is 7.81. The van der Waals surface area contributed by atoms with E-state index in [9.17, 15) is 19.7 Å². The number of quaternary nitrogens is 1. The standard InChI is InChI=1S/C22H24N4O6/c1-31-18-11-17(12-19(13-18)32-2)25-21(27)14-20(22(25)28)24-9-7-23(8-10-24)15-3-5-16(6-4-15)26(29)30/h3-6,11-13,20H,7-10,14H2,1-2H3/p+1/t20-/m1/s1. The van der Waals surface area contributed by atoms with Crippen LogP contribution in [-0.4, -0.2) is 63.2 Å². The fourth-order valence-electron chi connectivity index (χ4n) is 4.33. The summed E-state index contributed by atoms with van der Waals surface area (Å²) < 4.78 is 10.5. The lowest BCUT2D eigenvalue weighted by Gasteiger charge is -2.35. The fourth-order valence-corrected chi connectivity index (χ4v) is 4.33. The Morgan fingerprint density at radius 1 is 0.969 bits per heavy atom. The molecule has 10 nitrogen and oxygen atoms in total. The Bertz CT molecular complexity index is 1010. The zero-order valence-electron chi connectivity index (χ0n) is 17.9. The van der Waals surface area contributed by atoms with E-state index in [2.05, 4.69) is 4.90 Å². The molecule has 2 saturated heterocycles. The predicted molar refractivity (Wildman–Crippen MR) is 116 cm³/mol. The third-order valence-electron chi connectivity index (χ3n) is 6.07. The number of carbonyl (C=O) groups is 2. The minimum atomic E-state index is -0.432. The summed E-state index contributed by atoms with van der Waals surface area (Å²) in [5.74, 6) is 0.560. The summed E-state index contributed by atoms with van der Waals surface area (Å²) in [4.78, 5) is 40.8. The van der Waals surface area contributed by atoms with E-state index in [1.807, 2.05) is 0 Å². The van der Waals surface area contributed by atoms with Crippen LogP contribution in [0.15, 0.2) is 42.5 Å². The number of benzene rings is 2. The zero-order valence-corrected chi connectivity index (χ0v) is 17.9. The first kappa shape index (κ1) is 21.6. The van der Waals surface area contributed by atoms with Gasteiger partial charge >= 0.3 is 0 Å². The number of nitro groups is 1. The quantitative estimate of drug-likeness (QED) is 0.399. The molecule has 10 heteroatoms. The first-order chi connectivity index (χ1) is 15.4. The molecule has 0 radical (unpaired) electrons. The van der Waals surface area contributed by atoms with Gasteiger partial charge in [-0.3, -0.25) is 19.7 Å². The van der Waals surface area contributed by atoms with Crippen LogP contribution in [0.5, 0.6) is 11.5 Å². The van der Waals surface area contributed by atoms with E-state index in [1.54, 1.807) is 30.3 Å². The molecule has 1 N–H and O–H groups in total. The number of methoxy groups -OCH3 is 2. The predicted octanol–water partition coefficient (Wildman–Crippen LogP) is 0.649. The highest BCUT2D eigenvalue weighted by Crippen LogP contribution is 2.31. The number of hydrogen-bond donors (Lipinski definition) is 1. The number of amides is 2. The van der Waals surface area contributed by atoms with Crippen LogP contribution in [0.25, 0.3) is 0 Å². The third kappa shape index (κ3) is 4.09. The number of nitrogens with zero attached hydrogens (tertiary/aromatic N) is 3. The molecule has 0 unspecified atom stereocenters. The van der Waals surface area contributed by atoms with Crippen molar-refractivity contribution in [3.05, 3.63) is 52.6 Å². The van der Waals surface area contributed by atoms with Crippen LogP contribution < -0.4 is 24.2 Å². The van der Waals surface area contributed by atoms with E-state index in [4.69, 9.17) is 9.47 Å². The largest absolute Gasteiger partial charge is 0.497 e. The van der Waals surface area contributed by atoms with Gasteiger partial charge in [0.25, 0.3) is 11.6 Å². The van der Waals surface area contributed by atoms with Crippen LogP contribution in [0, 0.1) is 10.1 Å². The number of piperazine rings is 1. The van der Waals surface area contributed by atoms with E-state index in [1.165, 1.54) is 31.3 Å². The average molecular weight is 441 g/mol. The van der Waals surface area contributed by atoms with E-state index >= 15 is 0 Å². The number of hydrogen-bond acceptors (Lipinski definition) is 7. The van der Waals surface area contributed by atoms with E-state index < -0.39 is 11.0 Å². The summed E-state index contributed by atoms with van der Waals surface area (Å²) in [6.07, 6.45) is 0.158. The molecule has 32 heavy (non-hydrogen) atoms. The molecule has 2 aliphatic heterocycles. The third-order valence-corrected chi connectivity index (χ3v) is 6.07. The molecule has 0 aliphatic carbocycles. The molecule has 2 aliphatic rings. The van der Waals surface area contributed by atoms with Gasteiger partial charge in [-0.05, 0) is 12.1 Å². The maximum absolute atomic E-state index is 13.2. The number of rotatable bonds is 6. The Morgan fingerprint density at radius 2 is 1.56 bits per heavy atom. The number of anilines is 2. The van der Waals surface area contributed by atoms with E-state index in [0.29, 0.717) is 43.4 Å². The molecule has 0 bridgehead atoms. The van der Waals surface area contributed by atoms with Crippen LogP contribution in [-0.2, 0) is 9.59 Å². The Labute approximate surface area is 185 Å². The van der Waals surface area contributed by atoms with Crippen LogP contribution >= 0.6 is 0 Å². The highest BCUT2D eigenvalue weighted by molar-refractivity contribution is 6.22. The Balaban J connectivity index is 1.44. The molecule has 2 aromatic rings. The van der Waals surface area contributed by atoms with Crippen LogP contribution in [0.2, 0.25) is 0 Å². The highest BCUT2D eigenvalue weighted by Gasteiger charge is 2.46. The topological polar surface area (TPSA) is 107 Å². The molecule has 1 atom stereocenters. The van der Waals surface area contributed by atoms with Crippen molar-refractivity contribution in [2.45, 2.75) is 12.5 Å². The molecule has 0 spiro atoms. The van der Waals surface area contributed by atoms with Gasteiger partial charge in [0.1, 0.15) is 11.5 Å². The maximum atomic E-state index is 13.2. The minimum Gasteiger partial charge on any atom is -0.497 e. The average Bonchev–Trinajstić information content (AvgIpc) is 3.12. The van der Waals surface area contributed by atoms with Crippen molar-refractivity contribution in [2.24, 2.45) is 0 Å². The highest BCUT2D eigenvalue weighted by atomic mass is 16.6. The van der Waals surface area contributed by atoms with Crippen molar-refractivity contribution in [1.29, 1.82) is 0 Å². The SMILES string of the molecule is COc1cc(OC)cc(N2C(=O)C[C@@H]([NH+]3CCN(c4ccc([N+](=O)[O-])cc4)CC3)C2=O)c1. The molecule has 0 saturated carbocycles. The van der Waals surface area contributed by atoms with E-state index in [-0.39, 0.29) is 23.9 Å². The summed E-state index contributed by atoms with van der Waals surface area (Å²) in [5, 5.41) is 10.8. The van der Waals surface area contributed by atoms with Crippen molar-refractivity contribution in [2.75, 3.05) is 50.2 Å². The Morgan fingerprint density at radius 3 is 2.09 bits per heavy atom. The molecule has 2 amide bonds. The van der Waals surface area contributed by atoms with Gasteiger partial charge < -0.3 is 19.3 Å². The second kappa shape index (κ2) is 8.83. The van der Waals surface area contributed by atoms with Crippen molar-refractivity contribution < 1.29 is 28.9 Å². The van der Waals surface area contributed by atoms with Crippen LogP contribution in [0.3, 0.4) is 0 Å². The monoisotopic (exact) mass is 441 g/mol. The maximum Gasteiger partial charge on any atom is 0.292 e. The normalized spacial score (nSPS) is 19.4. The Hall–Kier alpha value is -3.66. The lowest BCUT2D eigenvalue weighted by Crippen LogP contribution is -3.19. The molecule has 168 valence electrons. The smallest absolute Gasteiger partial charge is 0.292 e. The van der Waals surface area contributed by atoms with Crippen molar-refractivity contribution in [1.82, 2.24) is 0 Å². The molecular formula is C22H25N4O6+. The fraction of sp³-hybridized carbons (Fsp3) is 0.364. The van der Waals surface area contributed by atoms with Gasteiger partial charge in [0.2, 0.25) is 5.91 Å². The van der Waals surface area contributed by atoms with Gasteiger partial charge in [0.05, 0.1) is 57.4 Å². The summed E-state index contributed by atoms with van der Waals surface area (Å²) in [6.45, 7) is 2.77. The summed E-state index contributed by atoms with van der Waals surface area (Å²) in [5.41, 5.74) is 1.42. The lowest BCUT2D eigenvalue weighted by atomic mass is 10.1. The molecule has 2 heterocycles. The van der Waals surface area contributed by atoms with Gasteiger partial charge in [0.15, 0.2) is 6.04 Å². The summed E-state index contributed by atoms with van der Waals surface area (Å²) in [7, 11) is 3.03. The van der Waals surface area contributed by atoms with Gasteiger partial charge in [-0.2, -0.15) is 0 Å². The molecule has 0 aromatic heterocycles.